The molecule has 0 aliphatic carbocycles. The second-order valence-electron chi connectivity index (χ2n) is 17.9. The number of ether oxygens (including phenoxy) is 2. The van der Waals surface area contributed by atoms with Crippen LogP contribution < -0.4 is 0 Å². The molecule has 368 valence electrons. The fourth-order valence-electron chi connectivity index (χ4n) is 7.62. The topological polar surface area (TPSA) is 132 Å². The third-order valence-corrected chi connectivity index (χ3v) is 12.6. The van der Waals surface area contributed by atoms with Crippen molar-refractivity contribution in [3.05, 3.63) is 24.3 Å². The first kappa shape index (κ1) is 60.9. The molecule has 0 saturated carbocycles. The summed E-state index contributed by atoms with van der Waals surface area (Å²) in [6, 6.07) is 0. The number of allylic oxidation sites excluding steroid dienone is 4. The SMILES string of the molecule is CCCCCCC/C=C\C/C=C\CCCCCCCCCCCCCC(=O)OC(COCCCCCCCCCCCCCCCCCCCC)COP(=O)(O)OCC(O)CO. The number of carbonyl (C=O) groups is 1. The fraction of sp³-hybridized carbons (Fsp3) is 0.904. The molecule has 0 amide bonds. The van der Waals surface area contributed by atoms with Gasteiger partial charge in [-0.2, -0.15) is 0 Å². The molecule has 0 spiro atoms. The summed E-state index contributed by atoms with van der Waals surface area (Å²) in [6.07, 6.45) is 54.3. The van der Waals surface area contributed by atoms with E-state index in [0.29, 0.717) is 6.61 Å². The molecule has 0 bridgehead atoms. The Morgan fingerprint density at radius 1 is 0.500 bits per heavy atom. The van der Waals surface area contributed by atoms with Crippen molar-refractivity contribution >= 4 is 13.8 Å². The Labute approximate surface area is 383 Å². The summed E-state index contributed by atoms with van der Waals surface area (Å²) in [5, 5.41) is 18.4. The number of esters is 1. The number of carbonyl (C=O) groups excluding carboxylic acids is 1. The van der Waals surface area contributed by atoms with Gasteiger partial charge in [0.25, 0.3) is 0 Å². The lowest BCUT2D eigenvalue weighted by atomic mass is 10.0. The first-order valence-electron chi connectivity index (χ1n) is 26.3. The van der Waals surface area contributed by atoms with Crippen LogP contribution in [-0.4, -0.2) is 66.3 Å². The molecule has 0 aromatic carbocycles. The van der Waals surface area contributed by atoms with E-state index in [1.165, 1.54) is 199 Å². The third kappa shape index (κ3) is 48.4. The Bertz CT molecular complexity index is 1020. The van der Waals surface area contributed by atoms with Crippen LogP contribution in [0.1, 0.15) is 258 Å². The molecule has 3 atom stereocenters. The Kier molecular flexibility index (Phi) is 48.5. The maximum Gasteiger partial charge on any atom is 0.472 e. The predicted molar refractivity (Wildman–Crippen MR) is 261 cm³/mol. The highest BCUT2D eigenvalue weighted by Crippen LogP contribution is 2.43. The molecule has 0 aliphatic rings. The van der Waals surface area contributed by atoms with E-state index in [1.807, 2.05) is 0 Å². The van der Waals surface area contributed by atoms with E-state index in [9.17, 15) is 19.4 Å². The van der Waals surface area contributed by atoms with Crippen LogP contribution in [-0.2, 0) is 27.9 Å². The van der Waals surface area contributed by atoms with Crippen LogP contribution in [0.2, 0.25) is 0 Å². The van der Waals surface area contributed by atoms with Crippen LogP contribution in [0.4, 0.5) is 0 Å². The molecular formula is C52H101O9P. The molecule has 3 unspecified atom stereocenters. The highest BCUT2D eigenvalue weighted by Gasteiger charge is 2.26. The van der Waals surface area contributed by atoms with Crippen molar-refractivity contribution in [1.82, 2.24) is 0 Å². The zero-order chi connectivity index (χ0) is 45.3. The van der Waals surface area contributed by atoms with E-state index in [2.05, 4.69) is 38.2 Å². The monoisotopic (exact) mass is 901 g/mol. The summed E-state index contributed by atoms with van der Waals surface area (Å²) in [5.74, 6) is -0.379. The maximum absolute atomic E-state index is 12.7. The van der Waals surface area contributed by atoms with Crippen molar-refractivity contribution in [2.45, 2.75) is 270 Å². The second kappa shape index (κ2) is 49.4. The standard InChI is InChI=1S/C52H101O9P/c1-3-5-7-9-11-13-15-17-19-21-23-24-25-26-27-28-30-32-34-36-38-40-42-44-52(55)61-51(49-60-62(56,57)59-47-50(54)46-53)48-58-45-43-41-39-37-35-33-31-29-22-20-18-16-14-12-10-8-6-4-2/h15,17,21,23,50-51,53-54H,3-14,16,18-20,22,24-49H2,1-2H3,(H,56,57)/b17-15-,23-21-. The molecule has 3 N–H and O–H groups in total. The van der Waals surface area contributed by atoms with Crippen LogP contribution >= 0.6 is 7.82 Å². The smallest absolute Gasteiger partial charge is 0.457 e. The number of unbranched alkanes of at least 4 members (excludes halogenated alkanes) is 33. The molecule has 0 radical (unpaired) electrons. The van der Waals surface area contributed by atoms with E-state index >= 15 is 0 Å². The Hall–Kier alpha value is -1.06. The van der Waals surface area contributed by atoms with Gasteiger partial charge in [0.2, 0.25) is 0 Å². The van der Waals surface area contributed by atoms with E-state index in [1.54, 1.807) is 0 Å². The van der Waals surface area contributed by atoms with Gasteiger partial charge in [0.1, 0.15) is 12.2 Å². The van der Waals surface area contributed by atoms with Crippen LogP contribution in [0.3, 0.4) is 0 Å². The van der Waals surface area contributed by atoms with Gasteiger partial charge in [-0.1, -0.05) is 231 Å². The highest BCUT2D eigenvalue weighted by molar-refractivity contribution is 7.47. The average Bonchev–Trinajstić information content (AvgIpc) is 3.26. The maximum atomic E-state index is 12.7. The minimum Gasteiger partial charge on any atom is -0.457 e. The van der Waals surface area contributed by atoms with Crippen LogP contribution in [0.25, 0.3) is 0 Å². The molecule has 0 fully saturated rings. The lowest BCUT2D eigenvalue weighted by Crippen LogP contribution is -2.29. The first-order valence-corrected chi connectivity index (χ1v) is 27.8. The van der Waals surface area contributed by atoms with E-state index in [-0.39, 0.29) is 25.6 Å². The highest BCUT2D eigenvalue weighted by atomic mass is 31.2. The van der Waals surface area contributed by atoms with Gasteiger partial charge in [0.05, 0.1) is 26.4 Å². The number of aliphatic hydroxyl groups excluding tert-OH is 2. The lowest BCUT2D eigenvalue weighted by Gasteiger charge is -2.20. The zero-order valence-electron chi connectivity index (χ0n) is 40.6. The molecule has 10 heteroatoms. The van der Waals surface area contributed by atoms with Crippen LogP contribution in [0, 0.1) is 0 Å². The van der Waals surface area contributed by atoms with E-state index < -0.39 is 33.2 Å². The van der Waals surface area contributed by atoms with Crippen LogP contribution in [0.15, 0.2) is 24.3 Å². The average molecular weight is 901 g/mol. The summed E-state index contributed by atoms with van der Waals surface area (Å²) in [7, 11) is -4.52. The first-order chi connectivity index (χ1) is 30.3. The molecule has 0 aromatic rings. The largest absolute Gasteiger partial charge is 0.472 e. The van der Waals surface area contributed by atoms with Gasteiger partial charge in [0.15, 0.2) is 0 Å². The van der Waals surface area contributed by atoms with Gasteiger partial charge in [-0.25, -0.2) is 4.57 Å². The summed E-state index contributed by atoms with van der Waals surface area (Å²) in [6.45, 7) is 3.57. The molecule has 0 aliphatic heterocycles. The minimum absolute atomic E-state index is 0.0538. The fourth-order valence-corrected chi connectivity index (χ4v) is 8.41. The van der Waals surface area contributed by atoms with Crippen molar-refractivity contribution in [2.75, 3.05) is 33.0 Å². The quantitative estimate of drug-likeness (QED) is 0.0236. The van der Waals surface area contributed by atoms with Crippen molar-refractivity contribution in [1.29, 1.82) is 0 Å². The summed E-state index contributed by atoms with van der Waals surface area (Å²) < 4.78 is 33.6. The normalized spacial score (nSPS) is 14.0. The van der Waals surface area contributed by atoms with Gasteiger partial charge >= 0.3 is 13.8 Å². The van der Waals surface area contributed by atoms with Gasteiger partial charge in [-0.05, 0) is 44.9 Å². The van der Waals surface area contributed by atoms with E-state index in [0.717, 1.165) is 38.5 Å². The summed E-state index contributed by atoms with van der Waals surface area (Å²) in [4.78, 5) is 22.7. The minimum atomic E-state index is -4.52. The molecule has 0 rings (SSSR count). The molecule has 62 heavy (non-hydrogen) atoms. The van der Waals surface area contributed by atoms with E-state index in [4.69, 9.17) is 23.6 Å². The van der Waals surface area contributed by atoms with Gasteiger partial charge < -0.3 is 24.6 Å². The Morgan fingerprint density at radius 3 is 1.29 bits per heavy atom. The number of phosphoric ester groups is 1. The van der Waals surface area contributed by atoms with Gasteiger partial charge in [-0.15, -0.1) is 0 Å². The van der Waals surface area contributed by atoms with Gasteiger partial charge in [-0.3, -0.25) is 13.8 Å². The number of hydrogen-bond acceptors (Lipinski definition) is 8. The molecule has 0 heterocycles. The summed E-state index contributed by atoms with van der Waals surface area (Å²) in [5.41, 5.74) is 0. The molecule has 9 nitrogen and oxygen atoms in total. The zero-order valence-corrected chi connectivity index (χ0v) is 41.5. The molecular weight excluding hydrogens is 800 g/mol. The lowest BCUT2D eigenvalue weighted by molar-refractivity contribution is -0.154. The summed E-state index contributed by atoms with van der Waals surface area (Å²) >= 11 is 0. The number of aliphatic hydroxyl groups is 2. The van der Waals surface area contributed by atoms with Crippen molar-refractivity contribution in [3.8, 4) is 0 Å². The predicted octanol–water partition coefficient (Wildman–Crippen LogP) is 15.4. The molecule has 0 aromatic heterocycles. The van der Waals surface area contributed by atoms with Crippen molar-refractivity contribution in [2.24, 2.45) is 0 Å². The third-order valence-electron chi connectivity index (χ3n) is 11.6. The second-order valence-corrected chi connectivity index (χ2v) is 19.4. The van der Waals surface area contributed by atoms with Crippen LogP contribution in [0.5, 0.6) is 0 Å². The number of phosphoric acid groups is 1. The molecule has 0 saturated heterocycles. The number of rotatable bonds is 51. The number of hydrogen-bond donors (Lipinski definition) is 3. The van der Waals surface area contributed by atoms with Gasteiger partial charge in [0, 0.05) is 13.0 Å². The van der Waals surface area contributed by atoms with Crippen molar-refractivity contribution in [3.63, 3.8) is 0 Å². The Balaban J connectivity index is 4.03. The van der Waals surface area contributed by atoms with Crippen molar-refractivity contribution < 1.29 is 43.0 Å². The Morgan fingerprint density at radius 2 is 0.871 bits per heavy atom.